The number of aromatic hydroxyl groups is 1. The van der Waals surface area contributed by atoms with Gasteiger partial charge in [-0.15, -0.1) is 0 Å². The maximum absolute atomic E-state index is 11.7. The van der Waals surface area contributed by atoms with Crippen LogP contribution in [0.1, 0.15) is 11.1 Å². The van der Waals surface area contributed by atoms with E-state index >= 15 is 0 Å². The van der Waals surface area contributed by atoms with Crippen LogP contribution < -0.4 is 10.2 Å². The lowest BCUT2D eigenvalue weighted by Crippen LogP contribution is -2.20. The smallest absolute Gasteiger partial charge is 0.250 e. The third kappa shape index (κ3) is 5.96. The maximum Gasteiger partial charge on any atom is 0.250 e. The highest BCUT2D eigenvalue weighted by atomic mass is 32.2. The summed E-state index contributed by atoms with van der Waals surface area (Å²) >= 11 is 1.57. The lowest BCUT2D eigenvalue weighted by atomic mass is 10.2. The number of hydrogen-bond acceptors (Lipinski definition) is 5. The van der Waals surface area contributed by atoms with Gasteiger partial charge in [0.15, 0.2) is 11.5 Å². The van der Waals surface area contributed by atoms with Crippen molar-refractivity contribution >= 4 is 23.9 Å². The van der Waals surface area contributed by atoms with Crippen LogP contribution in [-0.4, -0.2) is 35.8 Å². The Morgan fingerprint density at radius 2 is 2.08 bits per heavy atom. The van der Waals surface area contributed by atoms with Crippen molar-refractivity contribution in [3.63, 3.8) is 0 Å². The van der Waals surface area contributed by atoms with Crippen LogP contribution in [0.15, 0.2) is 53.6 Å². The first-order valence-electron chi connectivity index (χ1n) is 7.49. The molecule has 0 aliphatic heterocycles. The molecule has 1 amide bonds. The topological polar surface area (TPSA) is 70.9 Å². The number of methoxy groups -OCH3 is 1. The van der Waals surface area contributed by atoms with E-state index in [0.717, 1.165) is 17.7 Å². The maximum atomic E-state index is 11.7. The van der Waals surface area contributed by atoms with Gasteiger partial charge in [-0.3, -0.25) is 4.79 Å². The molecule has 0 saturated heterocycles. The summed E-state index contributed by atoms with van der Waals surface area (Å²) < 4.78 is 5.01. The first-order valence-corrected chi connectivity index (χ1v) is 8.65. The highest BCUT2D eigenvalue weighted by Gasteiger charge is 2.02. The number of ether oxygens (including phenoxy) is 1. The van der Waals surface area contributed by atoms with Crippen molar-refractivity contribution in [2.75, 3.05) is 18.6 Å². The number of phenolic OH excluding ortho intramolecular Hbond substituents is 1. The van der Waals surface area contributed by atoms with Crippen molar-refractivity contribution in [1.29, 1.82) is 0 Å². The molecule has 2 aromatic rings. The summed E-state index contributed by atoms with van der Waals surface area (Å²) in [6.07, 6.45) is 2.45. The van der Waals surface area contributed by atoms with Crippen LogP contribution in [0.5, 0.6) is 11.5 Å². The van der Waals surface area contributed by atoms with Crippen LogP contribution in [0, 0.1) is 0 Å². The van der Waals surface area contributed by atoms with Gasteiger partial charge in [0.2, 0.25) is 5.91 Å². The number of rotatable bonds is 8. The van der Waals surface area contributed by atoms with E-state index in [1.54, 1.807) is 23.9 Å². The number of aryl methyl sites for hydroxylation is 1. The first kappa shape index (κ1) is 17.9. The molecule has 5 nitrogen and oxygen atoms in total. The van der Waals surface area contributed by atoms with Gasteiger partial charge in [0, 0.05) is 0 Å². The van der Waals surface area contributed by atoms with Gasteiger partial charge in [-0.1, -0.05) is 30.3 Å². The van der Waals surface area contributed by atoms with E-state index in [4.69, 9.17) is 4.74 Å². The Balaban J connectivity index is 1.69. The molecule has 0 atom stereocenters. The summed E-state index contributed by atoms with van der Waals surface area (Å²) in [5.41, 5.74) is 4.48. The van der Waals surface area contributed by atoms with Crippen molar-refractivity contribution in [1.82, 2.24) is 5.43 Å². The van der Waals surface area contributed by atoms with Gasteiger partial charge < -0.3 is 9.84 Å². The summed E-state index contributed by atoms with van der Waals surface area (Å²) in [4.78, 5) is 11.7. The molecule has 0 heterocycles. The zero-order valence-electron chi connectivity index (χ0n) is 13.4. The molecule has 0 aliphatic rings. The Morgan fingerprint density at radius 1 is 1.29 bits per heavy atom. The molecule has 2 N–H and O–H groups in total. The quantitative estimate of drug-likeness (QED) is 0.439. The number of benzene rings is 2. The van der Waals surface area contributed by atoms with Gasteiger partial charge in [0.25, 0.3) is 0 Å². The predicted molar refractivity (Wildman–Crippen MR) is 97.9 cm³/mol. The molecule has 0 aliphatic carbocycles. The number of hydrazone groups is 1. The predicted octanol–water partition coefficient (Wildman–Crippen LogP) is 2.83. The lowest BCUT2D eigenvalue weighted by Gasteiger charge is -2.04. The zero-order chi connectivity index (χ0) is 17.2. The lowest BCUT2D eigenvalue weighted by molar-refractivity contribution is -0.118. The van der Waals surface area contributed by atoms with Gasteiger partial charge in [-0.05, 0) is 41.5 Å². The molecule has 0 unspecified atom stereocenters. The fourth-order valence-electron chi connectivity index (χ4n) is 1.99. The number of thioether (sulfide) groups is 1. The summed E-state index contributed by atoms with van der Waals surface area (Å²) in [5.74, 6) is 1.53. The summed E-state index contributed by atoms with van der Waals surface area (Å²) in [6.45, 7) is 0. The molecule has 24 heavy (non-hydrogen) atoms. The summed E-state index contributed by atoms with van der Waals surface area (Å²) in [7, 11) is 1.48. The Bertz CT molecular complexity index is 690. The molecule has 0 fully saturated rings. The van der Waals surface area contributed by atoms with E-state index in [2.05, 4.69) is 22.7 Å². The van der Waals surface area contributed by atoms with Crippen LogP contribution in [-0.2, 0) is 11.2 Å². The number of nitrogens with zero attached hydrogens (tertiary/aromatic N) is 1. The molecule has 2 rings (SSSR count). The molecule has 6 heteroatoms. The number of carbonyl (C=O) groups is 1. The number of carbonyl (C=O) groups excluding carboxylic acids is 1. The second-order valence-electron chi connectivity index (χ2n) is 5.01. The molecular formula is C18H20N2O3S. The Morgan fingerprint density at radius 3 is 2.83 bits per heavy atom. The van der Waals surface area contributed by atoms with E-state index in [1.165, 1.54) is 25.0 Å². The van der Waals surface area contributed by atoms with Crippen LogP contribution in [0.25, 0.3) is 0 Å². The average molecular weight is 344 g/mol. The third-order valence-electron chi connectivity index (χ3n) is 3.22. The molecule has 126 valence electrons. The van der Waals surface area contributed by atoms with Crippen molar-refractivity contribution < 1.29 is 14.6 Å². The molecule has 0 bridgehead atoms. The normalized spacial score (nSPS) is 10.7. The van der Waals surface area contributed by atoms with Gasteiger partial charge >= 0.3 is 0 Å². The van der Waals surface area contributed by atoms with Gasteiger partial charge in [-0.25, -0.2) is 5.43 Å². The molecule has 0 radical (unpaired) electrons. The average Bonchev–Trinajstić information content (AvgIpc) is 2.61. The molecule has 0 aromatic heterocycles. The van der Waals surface area contributed by atoms with Gasteiger partial charge in [0.05, 0.1) is 19.1 Å². The highest BCUT2D eigenvalue weighted by molar-refractivity contribution is 7.99. The van der Waals surface area contributed by atoms with E-state index in [1.807, 2.05) is 18.2 Å². The van der Waals surface area contributed by atoms with Crippen LogP contribution in [0.3, 0.4) is 0 Å². The van der Waals surface area contributed by atoms with E-state index < -0.39 is 0 Å². The van der Waals surface area contributed by atoms with E-state index in [9.17, 15) is 9.90 Å². The van der Waals surface area contributed by atoms with Crippen molar-refractivity contribution in [3.05, 3.63) is 59.7 Å². The molecular weight excluding hydrogens is 324 g/mol. The highest BCUT2D eigenvalue weighted by Crippen LogP contribution is 2.25. The number of phenols is 1. The molecule has 0 spiro atoms. The van der Waals surface area contributed by atoms with Crippen LogP contribution in [0.2, 0.25) is 0 Å². The minimum Gasteiger partial charge on any atom is -0.504 e. The first-order chi connectivity index (χ1) is 11.7. The Hall–Kier alpha value is -2.47. The Labute approximate surface area is 145 Å². The summed E-state index contributed by atoms with van der Waals surface area (Å²) in [6, 6.07) is 15.0. The monoisotopic (exact) mass is 344 g/mol. The van der Waals surface area contributed by atoms with E-state index in [0.29, 0.717) is 11.5 Å². The SMILES string of the molecule is COc1cc(/C=N\NC(=O)CSCCc2ccccc2)ccc1O. The zero-order valence-corrected chi connectivity index (χ0v) is 14.3. The van der Waals surface area contributed by atoms with Crippen LogP contribution >= 0.6 is 11.8 Å². The second-order valence-corrected chi connectivity index (χ2v) is 6.12. The number of hydrogen-bond donors (Lipinski definition) is 2. The van der Waals surface area contributed by atoms with Gasteiger partial charge in [-0.2, -0.15) is 16.9 Å². The van der Waals surface area contributed by atoms with Gasteiger partial charge in [0.1, 0.15) is 0 Å². The number of amides is 1. The molecule has 0 saturated carbocycles. The minimum absolute atomic E-state index is 0.0634. The fraction of sp³-hybridized carbons (Fsp3) is 0.222. The fourth-order valence-corrected chi connectivity index (χ4v) is 2.76. The van der Waals surface area contributed by atoms with Crippen molar-refractivity contribution in [2.24, 2.45) is 5.10 Å². The Kier molecular flexibility index (Phi) is 7.17. The minimum atomic E-state index is -0.143. The standard InChI is InChI=1S/C18H20N2O3S/c1-23-17-11-15(7-8-16(17)21)12-19-20-18(22)13-24-10-9-14-5-3-2-4-6-14/h2-8,11-12,21H,9-10,13H2,1H3,(H,20,22)/b19-12-. The molecule has 2 aromatic carbocycles. The van der Waals surface area contributed by atoms with Crippen molar-refractivity contribution in [3.8, 4) is 11.5 Å². The second kappa shape index (κ2) is 9.62. The van der Waals surface area contributed by atoms with E-state index in [-0.39, 0.29) is 11.7 Å². The summed E-state index contributed by atoms with van der Waals surface area (Å²) in [5, 5.41) is 13.4. The number of nitrogens with one attached hydrogen (secondary N) is 1. The van der Waals surface area contributed by atoms with Crippen molar-refractivity contribution in [2.45, 2.75) is 6.42 Å². The third-order valence-corrected chi connectivity index (χ3v) is 4.18. The van der Waals surface area contributed by atoms with Crippen LogP contribution in [0.4, 0.5) is 0 Å². The largest absolute Gasteiger partial charge is 0.504 e.